The fourth-order valence-corrected chi connectivity index (χ4v) is 3.17. The third-order valence-corrected chi connectivity index (χ3v) is 4.93. The molecule has 0 amide bonds. The molecule has 1 aromatic carbocycles. The molecule has 0 radical (unpaired) electrons. The fourth-order valence-electron chi connectivity index (χ4n) is 3.17. The molecule has 1 rings (SSSR count). The third-order valence-electron chi connectivity index (χ3n) is 4.93. The van der Waals surface area contributed by atoms with E-state index in [4.69, 9.17) is 9.47 Å². The maximum absolute atomic E-state index is 11.8. The van der Waals surface area contributed by atoms with Gasteiger partial charge in [0.05, 0.1) is 7.11 Å². The standard InChI is InChI=1S/C25H40O3/c1-3-4-5-6-7-8-9-10-11-12-13-14-15-16-17-18-25(26)28-24-21-19-23(27-2)20-22-24/h10-11,19-22H,3-9,12-18H2,1-2H3/b11-10-. The Kier molecular flexibility index (Phi) is 15.0. The van der Waals surface area contributed by atoms with Crippen LogP contribution in [0.4, 0.5) is 0 Å². The Bertz CT molecular complexity index is 519. The van der Waals surface area contributed by atoms with Crippen LogP contribution in [0, 0.1) is 0 Å². The van der Waals surface area contributed by atoms with E-state index < -0.39 is 0 Å². The summed E-state index contributed by atoms with van der Waals surface area (Å²) in [4.78, 5) is 11.8. The average molecular weight is 389 g/mol. The van der Waals surface area contributed by atoms with Crippen LogP contribution in [0.25, 0.3) is 0 Å². The molecule has 1 aromatic rings. The average Bonchev–Trinajstić information content (AvgIpc) is 2.71. The highest BCUT2D eigenvalue weighted by Crippen LogP contribution is 2.18. The minimum absolute atomic E-state index is 0.150. The second-order valence-corrected chi connectivity index (χ2v) is 7.48. The second-order valence-electron chi connectivity index (χ2n) is 7.48. The molecule has 0 N–H and O–H groups in total. The molecule has 0 saturated carbocycles. The highest BCUT2D eigenvalue weighted by Gasteiger charge is 2.04. The largest absolute Gasteiger partial charge is 0.497 e. The SMILES string of the molecule is CCCCCCCC/C=C\CCCCCCCC(=O)Oc1ccc(OC)cc1. The van der Waals surface area contributed by atoms with Crippen molar-refractivity contribution in [2.75, 3.05) is 7.11 Å². The van der Waals surface area contributed by atoms with Crippen LogP contribution in [0.15, 0.2) is 36.4 Å². The summed E-state index contributed by atoms with van der Waals surface area (Å²) in [6.45, 7) is 2.26. The molecule has 0 fully saturated rings. The first-order valence-corrected chi connectivity index (χ1v) is 11.3. The quantitative estimate of drug-likeness (QED) is 0.119. The van der Waals surface area contributed by atoms with Gasteiger partial charge >= 0.3 is 5.97 Å². The number of allylic oxidation sites excluding steroid dienone is 2. The van der Waals surface area contributed by atoms with E-state index in [0.717, 1.165) is 18.6 Å². The highest BCUT2D eigenvalue weighted by molar-refractivity contribution is 5.72. The predicted octanol–water partition coefficient (Wildman–Crippen LogP) is 7.64. The summed E-state index contributed by atoms with van der Waals surface area (Å²) in [6, 6.07) is 7.11. The number of benzene rings is 1. The van der Waals surface area contributed by atoms with E-state index in [2.05, 4.69) is 19.1 Å². The summed E-state index contributed by atoms with van der Waals surface area (Å²) in [5.41, 5.74) is 0. The van der Waals surface area contributed by atoms with Crippen LogP contribution < -0.4 is 9.47 Å². The minimum atomic E-state index is -0.150. The Hall–Kier alpha value is -1.77. The molecular formula is C25H40O3. The summed E-state index contributed by atoms with van der Waals surface area (Å²) >= 11 is 0. The van der Waals surface area contributed by atoms with E-state index in [9.17, 15) is 4.79 Å². The maximum atomic E-state index is 11.8. The third kappa shape index (κ3) is 13.4. The van der Waals surface area contributed by atoms with E-state index in [-0.39, 0.29) is 5.97 Å². The number of methoxy groups -OCH3 is 1. The second kappa shape index (κ2) is 17.3. The van der Waals surface area contributed by atoms with Gasteiger partial charge in [-0.15, -0.1) is 0 Å². The number of unbranched alkanes of at least 4 members (excludes halogenated alkanes) is 11. The van der Waals surface area contributed by atoms with Gasteiger partial charge in [0.15, 0.2) is 0 Å². The molecule has 0 heterocycles. The van der Waals surface area contributed by atoms with Crippen LogP contribution in [-0.4, -0.2) is 13.1 Å². The lowest BCUT2D eigenvalue weighted by molar-refractivity contribution is -0.134. The molecule has 158 valence electrons. The van der Waals surface area contributed by atoms with Gasteiger partial charge in [0.25, 0.3) is 0 Å². The number of rotatable bonds is 17. The van der Waals surface area contributed by atoms with Crippen molar-refractivity contribution < 1.29 is 14.3 Å². The Morgan fingerprint density at radius 1 is 0.750 bits per heavy atom. The van der Waals surface area contributed by atoms with Crippen molar-refractivity contribution in [3.05, 3.63) is 36.4 Å². The number of hydrogen-bond acceptors (Lipinski definition) is 3. The molecular weight excluding hydrogens is 348 g/mol. The number of hydrogen-bond donors (Lipinski definition) is 0. The zero-order chi connectivity index (χ0) is 20.3. The lowest BCUT2D eigenvalue weighted by Crippen LogP contribution is -2.07. The Labute approximate surface area is 172 Å². The van der Waals surface area contributed by atoms with Crippen LogP contribution in [0.5, 0.6) is 11.5 Å². The molecule has 0 saturated heterocycles. The van der Waals surface area contributed by atoms with E-state index >= 15 is 0 Å². The lowest BCUT2D eigenvalue weighted by Gasteiger charge is -2.05. The topological polar surface area (TPSA) is 35.5 Å². The van der Waals surface area contributed by atoms with Crippen molar-refractivity contribution in [1.29, 1.82) is 0 Å². The normalized spacial score (nSPS) is 11.1. The summed E-state index contributed by atoms with van der Waals surface area (Å²) in [7, 11) is 1.62. The smallest absolute Gasteiger partial charge is 0.311 e. The van der Waals surface area contributed by atoms with Crippen molar-refractivity contribution in [3.8, 4) is 11.5 Å². The number of esters is 1. The first-order chi connectivity index (χ1) is 13.8. The van der Waals surface area contributed by atoms with Gasteiger partial charge in [-0.2, -0.15) is 0 Å². The summed E-state index contributed by atoms with van der Waals surface area (Å²) in [5.74, 6) is 1.19. The monoisotopic (exact) mass is 388 g/mol. The van der Waals surface area contributed by atoms with E-state index in [1.54, 1.807) is 31.4 Å². The zero-order valence-corrected chi connectivity index (χ0v) is 18.1. The molecule has 0 aliphatic heterocycles. The molecule has 0 aliphatic rings. The molecule has 0 atom stereocenters. The first-order valence-electron chi connectivity index (χ1n) is 11.3. The van der Waals surface area contributed by atoms with Gasteiger partial charge in [-0.3, -0.25) is 4.79 Å². The zero-order valence-electron chi connectivity index (χ0n) is 18.1. The van der Waals surface area contributed by atoms with Crippen LogP contribution >= 0.6 is 0 Å². The lowest BCUT2D eigenvalue weighted by atomic mass is 10.1. The molecule has 0 spiro atoms. The van der Waals surface area contributed by atoms with Crippen molar-refractivity contribution in [3.63, 3.8) is 0 Å². The number of carbonyl (C=O) groups is 1. The molecule has 0 bridgehead atoms. The Morgan fingerprint density at radius 3 is 1.82 bits per heavy atom. The van der Waals surface area contributed by atoms with Crippen molar-refractivity contribution in [2.45, 2.75) is 96.8 Å². The predicted molar refractivity (Wildman–Crippen MR) is 118 cm³/mol. The Balaban J connectivity index is 1.89. The summed E-state index contributed by atoms with van der Waals surface area (Å²) in [6.07, 6.45) is 21.6. The molecule has 3 nitrogen and oxygen atoms in total. The highest BCUT2D eigenvalue weighted by atomic mass is 16.5. The maximum Gasteiger partial charge on any atom is 0.311 e. The van der Waals surface area contributed by atoms with Crippen molar-refractivity contribution >= 4 is 5.97 Å². The molecule has 0 aliphatic carbocycles. The summed E-state index contributed by atoms with van der Waals surface area (Å²) < 4.78 is 10.4. The van der Waals surface area contributed by atoms with Gasteiger partial charge in [-0.25, -0.2) is 0 Å². The van der Waals surface area contributed by atoms with Gasteiger partial charge in [-0.05, 0) is 56.4 Å². The number of ether oxygens (including phenoxy) is 2. The fraction of sp³-hybridized carbons (Fsp3) is 0.640. The van der Waals surface area contributed by atoms with Crippen LogP contribution in [-0.2, 0) is 4.79 Å². The number of carbonyl (C=O) groups excluding carboxylic acids is 1. The molecule has 3 heteroatoms. The van der Waals surface area contributed by atoms with E-state index in [1.165, 1.54) is 70.6 Å². The van der Waals surface area contributed by atoms with Crippen molar-refractivity contribution in [2.24, 2.45) is 0 Å². The molecule has 28 heavy (non-hydrogen) atoms. The molecule has 0 aromatic heterocycles. The van der Waals surface area contributed by atoms with Gasteiger partial charge in [-0.1, -0.05) is 70.4 Å². The van der Waals surface area contributed by atoms with Gasteiger partial charge in [0.1, 0.15) is 11.5 Å². The van der Waals surface area contributed by atoms with Gasteiger partial charge in [0.2, 0.25) is 0 Å². The van der Waals surface area contributed by atoms with E-state index in [1.807, 2.05) is 0 Å². The molecule has 0 unspecified atom stereocenters. The first kappa shape index (κ1) is 24.3. The Morgan fingerprint density at radius 2 is 1.25 bits per heavy atom. The van der Waals surface area contributed by atoms with Gasteiger partial charge < -0.3 is 9.47 Å². The minimum Gasteiger partial charge on any atom is -0.497 e. The summed E-state index contributed by atoms with van der Waals surface area (Å²) in [5, 5.41) is 0. The van der Waals surface area contributed by atoms with Crippen LogP contribution in [0.1, 0.15) is 96.8 Å². The van der Waals surface area contributed by atoms with Crippen LogP contribution in [0.3, 0.4) is 0 Å². The van der Waals surface area contributed by atoms with Crippen molar-refractivity contribution in [1.82, 2.24) is 0 Å². The van der Waals surface area contributed by atoms with Crippen LogP contribution in [0.2, 0.25) is 0 Å². The van der Waals surface area contributed by atoms with E-state index in [0.29, 0.717) is 12.2 Å². The van der Waals surface area contributed by atoms with Gasteiger partial charge in [0, 0.05) is 6.42 Å².